The smallest absolute Gasteiger partial charge is 0.0500 e. The maximum Gasteiger partial charge on any atom is 0.0500 e. The summed E-state index contributed by atoms with van der Waals surface area (Å²) >= 11 is 0. The van der Waals surface area contributed by atoms with Gasteiger partial charge in [0.2, 0.25) is 0 Å². The normalized spacial score (nSPS) is 12.6. The van der Waals surface area contributed by atoms with E-state index in [2.05, 4.69) is 24.3 Å². The highest BCUT2D eigenvalue weighted by Crippen LogP contribution is 2.31. The predicted molar refractivity (Wildman–Crippen MR) is 86.9 cm³/mol. The van der Waals surface area contributed by atoms with E-state index in [-0.39, 0.29) is 30.5 Å². The lowest BCUT2D eigenvalue weighted by atomic mass is 9.81. The molecule has 0 saturated heterocycles. The SMILES string of the molecule is CC(C)(CO)[C@@H](N)c1ccc(-c2ccccc2)cc1.Cl. The molecule has 1 atom stereocenters. The van der Waals surface area contributed by atoms with Crippen LogP contribution in [0.1, 0.15) is 25.5 Å². The molecule has 3 N–H and O–H groups in total. The molecular formula is C17H22ClNO. The Hall–Kier alpha value is -1.35. The van der Waals surface area contributed by atoms with Gasteiger partial charge in [-0.1, -0.05) is 68.4 Å². The molecule has 2 aromatic rings. The summed E-state index contributed by atoms with van der Waals surface area (Å²) in [4.78, 5) is 0. The van der Waals surface area contributed by atoms with Gasteiger partial charge in [0, 0.05) is 18.1 Å². The highest BCUT2D eigenvalue weighted by Gasteiger charge is 2.26. The quantitative estimate of drug-likeness (QED) is 0.900. The lowest BCUT2D eigenvalue weighted by molar-refractivity contribution is 0.132. The van der Waals surface area contributed by atoms with Crippen LogP contribution in [0.15, 0.2) is 54.6 Å². The van der Waals surface area contributed by atoms with Crippen LogP contribution in [0, 0.1) is 5.41 Å². The fourth-order valence-electron chi connectivity index (χ4n) is 2.06. The molecule has 0 aliphatic rings. The summed E-state index contributed by atoms with van der Waals surface area (Å²) in [6, 6.07) is 18.3. The van der Waals surface area contributed by atoms with Gasteiger partial charge < -0.3 is 10.8 Å². The number of hydrogen-bond acceptors (Lipinski definition) is 2. The first-order valence-electron chi connectivity index (χ1n) is 6.56. The molecule has 0 aromatic heterocycles. The third-order valence-corrected chi connectivity index (χ3v) is 3.63. The molecule has 2 rings (SSSR count). The van der Waals surface area contributed by atoms with Gasteiger partial charge in [0.15, 0.2) is 0 Å². The monoisotopic (exact) mass is 291 g/mol. The number of nitrogens with two attached hydrogens (primary N) is 1. The number of aliphatic hydroxyl groups is 1. The average molecular weight is 292 g/mol. The third-order valence-electron chi connectivity index (χ3n) is 3.63. The molecule has 0 spiro atoms. The van der Waals surface area contributed by atoms with Crippen molar-refractivity contribution in [2.24, 2.45) is 11.1 Å². The maximum absolute atomic E-state index is 9.38. The summed E-state index contributed by atoms with van der Waals surface area (Å²) < 4.78 is 0. The molecule has 0 unspecified atom stereocenters. The average Bonchev–Trinajstić information content (AvgIpc) is 2.47. The Morgan fingerprint density at radius 2 is 1.45 bits per heavy atom. The van der Waals surface area contributed by atoms with Crippen molar-refractivity contribution in [2.75, 3.05) is 6.61 Å². The van der Waals surface area contributed by atoms with E-state index < -0.39 is 0 Å². The first kappa shape index (κ1) is 16.7. The summed E-state index contributed by atoms with van der Waals surface area (Å²) in [6.45, 7) is 4.03. The van der Waals surface area contributed by atoms with Gasteiger partial charge in [-0.05, 0) is 16.7 Å². The van der Waals surface area contributed by atoms with Crippen LogP contribution >= 0.6 is 12.4 Å². The van der Waals surface area contributed by atoms with E-state index >= 15 is 0 Å². The van der Waals surface area contributed by atoms with E-state index in [9.17, 15) is 5.11 Å². The Labute approximate surface area is 127 Å². The van der Waals surface area contributed by atoms with Crippen molar-refractivity contribution < 1.29 is 5.11 Å². The zero-order valence-electron chi connectivity index (χ0n) is 11.9. The van der Waals surface area contributed by atoms with Crippen molar-refractivity contribution in [1.29, 1.82) is 0 Å². The van der Waals surface area contributed by atoms with Gasteiger partial charge in [0.1, 0.15) is 0 Å². The van der Waals surface area contributed by atoms with Gasteiger partial charge in [0.25, 0.3) is 0 Å². The van der Waals surface area contributed by atoms with Gasteiger partial charge in [-0.25, -0.2) is 0 Å². The first-order valence-corrected chi connectivity index (χ1v) is 6.56. The number of hydrogen-bond donors (Lipinski definition) is 2. The topological polar surface area (TPSA) is 46.2 Å². The van der Waals surface area contributed by atoms with Crippen LogP contribution in [-0.2, 0) is 0 Å². The molecule has 0 aliphatic heterocycles. The molecule has 0 radical (unpaired) electrons. The largest absolute Gasteiger partial charge is 0.396 e. The van der Waals surface area contributed by atoms with Crippen LogP contribution in [-0.4, -0.2) is 11.7 Å². The molecule has 0 aliphatic carbocycles. The number of aliphatic hydroxyl groups excluding tert-OH is 1. The summed E-state index contributed by atoms with van der Waals surface area (Å²) in [5.41, 5.74) is 9.33. The van der Waals surface area contributed by atoms with E-state index in [4.69, 9.17) is 5.73 Å². The van der Waals surface area contributed by atoms with Gasteiger partial charge in [-0.3, -0.25) is 0 Å². The second-order valence-corrected chi connectivity index (χ2v) is 5.61. The molecule has 20 heavy (non-hydrogen) atoms. The number of benzene rings is 2. The summed E-state index contributed by atoms with van der Waals surface area (Å²) in [6.07, 6.45) is 0. The van der Waals surface area contributed by atoms with Crippen molar-refractivity contribution in [3.63, 3.8) is 0 Å². The number of rotatable bonds is 4. The lowest BCUT2D eigenvalue weighted by Crippen LogP contribution is -2.32. The third kappa shape index (κ3) is 3.60. The molecule has 0 heterocycles. The van der Waals surface area contributed by atoms with E-state index in [0.29, 0.717) is 0 Å². The van der Waals surface area contributed by atoms with Gasteiger partial charge in [-0.2, -0.15) is 0 Å². The Balaban J connectivity index is 0.00000200. The molecule has 2 aromatic carbocycles. The van der Waals surface area contributed by atoms with Gasteiger partial charge >= 0.3 is 0 Å². The van der Waals surface area contributed by atoms with E-state index in [1.807, 2.05) is 44.2 Å². The molecule has 0 saturated carbocycles. The minimum Gasteiger partial charge on any atom is -0.396 e. The van der Waals surface area contributed by atoms with Crippen LogP contribution in [0.3, 0.4) is 0 Å². The van der Waals surface area contributed by atoms with Crippen molar-refractivity contribution >= 4 is 12.4 Å². The summed E-state index contributed by atoms with van der Waals surface area (Å²) in [5.74, 6) is 0. The molecule has 3 heteroatoms. The van der Waals surface area contributed by atoms with Gasteiger partial charge in [-0.15, -0.1) is 12.4 Å². The fourth-order valence-corrected chi connectivity index (χ4v) is 2.06. The zero-order chi connectivity index (χ0) is 13.9. The molecule has 0 bridgehead atoms. The van der Waals surface area contributed by atoms with Crippen LogP contribution in [0.4, 0.5) is 0 Å². The Kier molecular flexibility index (Phi) is 5.75. The Morgan fingerprint density at radius 3 is 1.95 bits per heavy atom. The van der Waals surface area contributed by atoms with Crippen molar-refractivity contribution in [3.05, 3.63) is 60.2 Å². The maximum atomic E-state index is 9.38. The van der Waals surface area contributed by atoms with Crippen LogP contribution < -0.4 is 5.73 Å². The van der Waals surface area contributed by atoms with E-state index in [1.165, 1.54) is 11.1 Å². The molecule has 108 valence electrons. The Morgan fingerprint density at radius 1 is 0.950 bits per heavy atom. The van der Waals surface area contributed by atoms with Crippen LogP contribution in [0.5, 0.6) is 0 Å². The standard InChI is InChI=1S/C17H21NO.ClH/c1-17(2,12-19)16(18)15-10-8-14(9-11-15)13-6-4-3-5-7-13;/h3-11,16,19H,12,18H2,1-2H3;1H/t16-;/m0./s1. The highest BCUT2D eigenvalue weighted by molar-refractivity contribution is 5.85. The minimum absolute atomic E-state index is 0. The highest BCUT2D eigenvalue weighted by atomic mass is 35.5. The molecule has 0 fully saturated rings. The fraction of sp³-hybridized carbons (Fsp3) is 0.294. The second-order valence-electron chi connectivity index (χ2n) is 5.61. The van der Waals surface area contributed by atoms with E-state index in [0.717, 1.165) is 5.56 Å². The zero-order valence-corrected chi connectivity index (χ0v) is 12.7. The Bertz CT molecular complexity index is 522. The number of halogens is 1. The minimum atomic E-state index is -0.311. The lowest BCUT2D eigenvalue weighted by Gasteiger charge is -2.29. The molecule has 2 nitrogen and oxygen atoms in total. The van der Waals surface area contributed by atoms with Crippen LogP contribution in [0.25, 0.3) is 11.1 Å². The second kappa shape index (κ2) is 6.89. The summed E-state index contributed by atoms with van der Waals surface area (Å²) in [5, 5.41) is 9.38. The van der Waals surface area contributed by atoms with Gasteiger partial charge in [0.05, 0.1) is 0 Å². The summed E-state index contributed by atoms with van der Waals surface area (Å²) in [7, 11) is 0. The molecule has 0 amide bonds. The van der Waals surface area contributed by atoms with Crippen molar-refractivity contribution in [1.82, 2.24) is 0 Å². The van der Waals surface area contributed by atoms with Crippen molar-refractivity contribution in [2.45, 2.75) is 19.9 Å². The predicted octanol–water partition coefficient (Wildman–Crippen LogP) is 3.79. The van der Waals surface area contributed by atoms with Crippen molar-refractivity contribution in [3.8, 4) is 11.1 Å². The molecular weight excluding hydrogens is 270 g/mol. The van der Waals surface area contributed by atoms with Crippen LogP contribution in [0.2, 0.25) is 0 Å². The first-order chi connectivity index (χ1) is 9.04. The van der Waals surface area contributed by atoms with E-state index in [1.54, 1.807) is 0 Å².